The molecule has 0 unspecified atom stereocenters. The first-order chi connectivity index (χ1) is 9.11. The van der Waals surface area contributed by atoms with E-state index in [-0.39, 0.29) is 5.84 Å². The maximum atomic E-state index is 7.37. The van der Waals surface area contributed by atoms with Gasteiger partial charge in [0.15, 0.2) is 0 Å². The molecule has 6 heteroatoms. The summed E-state index contributed by atoms with van der Waals surface area (Å²) in [7, 11) is 2.00. The molecule has 0 bridgehead atoms. The first-order valence-electron chi connectivity index (χ1n) is 6.14. The maximum Gasteiger partial charge on any atom is 0.146 e. The molecular weight excluding hydrogens is 240 g/mol. The van der Waals surface area contributed by atoms with Gasteiger partial charge in [-0.3, -0.25) is 5.41 Å². The van der Waals surface area contributed by atoms with Crippen LogP contribution in [0.3, 0.4) is 0 Å². The van der Waals surface area contributed by atoms with Crippen molar-refractivity contribution in [2.75, 3.05) is 11.9 Å². The van der Waals surface area contributed by atoms with Gasteiger partial charge in [-0.2, -0.15) is 5.10 Å². The van der Waals surface area contributed by atoms with Crippen LogP contribution in [0.2, 0.25) is 0 Å². The van der Waals surface area contributed by atoms with Crippen molar-refractivity contribution in [2.45, 2.75) is 20.0 Å². The number of nitrogens with one attached hydrogen (secondary N) is 1. The average molecular weight is 258 g/mol. The minimum absolute atomic E-state index is 0.0833. The van der Waals surface area contributed by atoms with Crippen molar-refractivity contribution in [3.63, 3.8) is 0 Å². The van der Waals surface area contributed by atoms with E-state index in [1.54, 1.807) is 6.33 Å². The molecule has 1 aromatic carbocycles. The van der Waals surface area contributed by atoms with Gasteiger partial charge in [0.2, 0.25) is 0 Å². The third-order valence-corrected chi connectivity index (χ3v) is 2.99. The van der Waals surface area contributed by atoms with E-state index < -0.39 is 0 Å². The van der Waals surface area contributed by atoms with Crippen LogP contribution in [-0.4, -0.2) is 27.6 Å². The second-order valence-corrected chi connectivity index (χ2v) is 4.31. The molecule has 0 atom stereocenters. The summed E-state index contributed by atoms with van der Waals surface area (Å²) in [5.41, 5.74) is 7.22. The predicted molar refractivity (Wildman–Crippen MR) is 75.3 cm³/mol. The van der Waals surface area contributed by atoms with Gasteiger partial charge in [0.05, 0.1) is 6.54 Å². The lowest BCUT2D eigenvalue weighted by Gasteiger charge is -2.19. The fourth-order valence-corrected chi connectivity index (χ4v) is 1.87. The van der Waals surface area contributed by atoms with Gasteiger partial charge in [-0.25, -0.2) is 9.67 Å². The van der Waals surface area contributed by atoms with Crippen molar-refractivity contribution in [1.29, 1.82) is 5.41 Å². The number of nitrogens with zero attached hydrogens (tertiary/aromatic N) is 4. The lowest BCUT2D eigenvalue weighted by Crippen LogP contribution is -2.20. The second-order valence-electron chi connectivity index (χ2n) is 4.31. The van der Waals surface area contributed by atoms with Gasteiger partial charge in [-0.1, -0.05) is 0 Å². The third-order valence-electron chi connectivity index (χ3n) is 2.99. The summed E-state index contributed by atoms with van der Waals surface area (Å²) in [6.07, 6.45) is 1.57. The molecule has 0 radical (unpaired) electrons. The molecular formula is C13H18N6. The standard InChI is InChI=1S/C13H18N6/c1-3-19-12(16-9-17-19)8-18(2)11-6-4-10(5-7-11)13(14)15/h4-7,9H,3,8H2,1-2H3,(H3,14,15). The monoisotopic (exact) mass is 258 g/mol. The van der Waals surface area contributed by atoms with Crippen LogP contribution in [0.15, 0.2) is 30.6 Å². The molecule has 2 rings (SSSR count). The van der Waals surface area contributed by atoms with E-state index in [9.17, 15) is 0 Å². The summed E-state index contributed by atoms with van der Waals surface area (Å²) >= 11 is 0. The quantitative estimate of drug-likeness (QED) is 0.624. The molecule has 1 heterocycles. The van der Waals surface area contributed by atoms with Crippen LogP contribution in [0.5, 0.6) is 0 Å². The number of hydrogen-bond donors (Lipinski definition) is 2. The van der Waals surface area contributed by atoms with Crippen molar-refractivity contribution >= 4 is 11.5 Å². The fourth-order valence-electron chi connectivity index (χ4n) is 1.87. The zero-order valence-electron chi connectivity index (χ0n) is 11.2. The topological polar surface area (TPSA) is 83.8 Å². The van der Waals surface area contributed by atoms with E-state index in [1.807, 2.05) is 42.9 Å². The van der Waals surface area contributed by atoms with Gasteiger partial charge < -0.3 is 10.6 Å². The molecule has 0 spiro atoms. The Morgan fingerprint density at radius 3 is 2.63 bits per heavy atom. The van der Waals surface area contributed by atoms with Crippen molar-refractivity contribution in [3.8, 4) is 0 Å². The van der Waals surface area contributed by atoms with Crippen molar-refractivity contribution in [3.05, 3.63) is 42.0 Å². The highest BCUT2D eigenvalue weighted by atomic mass is 15.3. The van der Waals surface area contributed by atoms with Crippen LogP contribution >= 0.6 is 0 Å². The molecule has 0 saturated carbocycles. The number of aromatic nitrogens is 3. The minimum Gasteiger partial charge on any atom is -0.384 e. The number of nitrogen functional groups attached to an aromatic ring is 1. The van der Waals surface area contributed by atoms with Crippen LogP contribution < -0.4 is 10.6 Å². The molecule has 0 aliphatic carbocycles. The van der Waals surface area contributed by atoms with Crippen LogP contribution in [0.25, 0.3) is 0 Å². The molecule has 0 saturated heterocycles. The Hall–Kier alpha value is -2.37. The zero-order valence-corrected chi connectivity index (χ0v) is 11.2. The van der Waals surface area contributed by atoms with Gasteiger partial charge in [-0.05, 0) is 31.2 Å². The summed E-state index contributed by atoms with van der Waals surface area (Å²) in [5, 5.41) is 11.5. The zero-order chi connectivity index (χ0) is 13.8. The first-order valence-corrected chi connectivity index (χ1v) is 6.14. The molecule has 0 fully saturated rings. The van der Waals surface area contributed by atoms with Crippen LogP contribution in [0.1, 0.15) is 18.3 Å². The number of nitrogens with two attached hydrogens (primary N) is 1. The van der Waals surface area contributed by atoms with Gasteiger partial charge in [0.1, 0.15) is 18.0 Å². The largest absolute Gasteiger partial charge is 0.384 e. The van der Waals surface area contributed by atoms with Crippen molar-refractivity contribution in [1.82, 2.24) is 14.8 Å². The third kappa shape index (κ3) is 2.90. The number of aryl methyl sites for hydroxylation is 1. The number of hydrogen-bond acceptors (Lipinski definition) is 4. The summed E-state index contributed by atoms with van der Waals surface area (Å²) in [4.78, 5) is 6.34. The molecule has 2 aromatic rings. The molecule has 19 heavy (non-hydrogen) atoms. The Morgan fingerprint density at radius 2 is 2.05 bits per heavy atom. The normalized spacial score (nSPS) is 10.4. The summed E-state index contributed by atoms with van der Waals surface area (Å²) in [5.74, 6) is 1.01. The summed E-state index contributed by atoms with van der Waals surface area (Å²) < 4.78 is 1.88. The Morgan fingerprint density at radius 1 is 1.37 bits per heavy atom. The van der Waals surface area contributed by atoms with Crippen molar-refractivity contribution < 1.29 is 0 Å². The van der Waals surface area contributed by atoms with Crippen LogP contribution in [0, 0.1) is 5.41 Å². The maximum absolute atomic E-state index is 7.37. The highest BCUT2D eigenvalue weighted by Crippen LogP contribution is 2.15. The Balaban J connectivity index is 2.11. The van der Waals surface area contributed by atoms with Crippen molar-refractivity contribution in [2.24, 2.45) is 5.73 Å². The molecule has 1 aromatic heterocycles. The Bertz CT molecular complexity index is 557. The van der Waals surface area contributed by atoms with Gasteiger partial charge in [0.25, 0.3) is 0 Å². The van der Waals surface area contributed by atoms with E-state index in [0.29, 0.717) is 6.54 Å². The molecule has 0 aliphatic rings. The molecule has 100 valence electrons. The van der Waals surface area contributed by atoms with E-state index >= 15 is 0 Å². The highest BCUT2D eigenvalue weighted by Gasteiger charge is 2.07. The van der Waals surface area contributed by atoms with Gasteiger partial charge in [0, 0.05) is 24.8 Å². The Kier molecular flexibility index (Phi) is 3.79. The lowest BCUT2D eigenvalue weighted by atomic mass is 10.2. The number of benzene rings is 1. The van der Waals surface area contributed by atoms with Crippen LogP contribution in [0.4, 0.5) is 5.69 Å². The van der Waals surface area contributed by atoms with E-state index in [1.165, 1.54) is 0 Å². The second kappa shape index (κ2) is 5.51. The highest BCUT2D eigenvalue weighted by molar-refractivity contribution is 5.95. The van der Waals surface area contributed by atoms with E-state index in [2.05, 4.69) is 15.0 Å². The summed E-state index contributed by atoms with van der Waals surface area (Å²) in [6.45, 7) is 3.54. The van der Waals surface area contributed by atoms with Gasteiger partial charge in [-0.15, -0.1) is 0 Å². The van der Waals surface area contributed by atoms with Gasteiger partial charge >= 0.3 is 0 Å². The first kappa shape index (κ1) is 13.1. The number of anilines is 1. The number of rotatable bonds is 5. The van der Waals surface area contributed by atoms with E-state index in [4.69, 9.17) is 11.1 Å². The SMILES string of the molecule is CCn1ncnc1CN(C)c1ccc(C(=N)N)cc1. The molecule has 6 nitrogen and oxygen atoms in total. The average Bonchev–Trinajstić information content (AvgIpc) is 2.86. The molecule has 3 N–H and O–H groups in total. The number of amidine groups is 1. The van der Waals surface area contributed by atoms with Crippen LogP contribution in [-0.2, 0) is 13.1 Å². The lowest BCUT2D eigenvalue weighted by molar-refractivity contribution is 0.610. The summed E-state index contributed by atoms with van der Waals surface area (Å²) in [6, 6.07) is 7.59. The predicted octanol–water partition coefficient (Wildman–Crippen LogP) is 1.22. The molecule has 0 amide bonds. The Labute approximate surface area is 112 Å². The minimum atomic E-state index is 0.0833. The van der Waals surface area contributed by atoms with E-state index in [0.717, 1.165) is 23.6 Å². The fraction of sp³-hybridized carbons (Fsp3) is 0.308. The molecule has 0 aliphatic heterocycles. The smallest absolute Gasteiger partial charge is 0.146 e.